The van der Waals surface area contributed by atoms with Crippen molar-refractivity contribution in [1.82, 2.24) is 5.32 Å². The van der Waals surface area contributed by atoms with Crippen LogP contribution >= 0.6 is 0 Å². The molecule has 0 unspecified atom stereocenters. The smallest absolute Gasteiger partial charge is 0.250 e. The number of aryl methyl sites for hydroxylation is 1. The second kappa shape index (κ2) is 4.65. The van der Waals surface area contributed by atoms with Gasteiger partial charge in [-0.15, -0.1) is 0 Å². The number of nitrogens with zero attached hydrogens (tertiary/aromatic N) is 1. The molecule has 1 heterocycles. The molecule has 1 aromatic rings. The normalized spacial score (nSPS) is 26.2. The van der Waals surface area contributed by atoms with Gasteiger partial charge in [-0.2, -0.15) is 0 Å². The van der Waals surface area contributed by atoms with Gasteiger partial charge in [0.1, 0.15) is 0 Å². The number of hydrogen-bond acceptors (Lipinski definition) is 2. The first-order valence-electron chi connectivity index (χ1n) is 6.61. The fraction of sp³-hybridized carbons (Fsp3) is 0.467. The molecule has 94 valence electrons. The minimum absolute atomic E-state index is 0.0146. The quantitative estimate of drug-likeness (QED) is 0.862. The number of aliphatic imine (C=N–C) groups is 1. The summed E-state index contributed by atoms with van der Waals surface area (Å²) in [5.41, 5.74) is 3.58. The van der Waals surface area contributed by atoms with E-state index in [4.69, 9.17) is 0 Å². The number of benzene rings is 1. The first-order chi connectivity index (χ1) is 8.74. The zero-order chi connectivity index (χ0) is 12.5. The lowest BCUT2D eigenvalue weighted by atomic mass is 9.88. The van der Waals surface area contributed by atoms with E-state index in [1.807, 2.05) is 0 Å². The van der Waals surface area contributed by atoms with Crippen molar-refractivity contribution in [3.63, 3.8) is 0 Å². The topological polar surface area (TPSA) is 41.5 Å². The highest BCUT2D eigenvalue weighted by atomic mass is 16.1. The lowest BCUT2D eigenvalue weighted by Crippen LogP contribution is -2.20. The van der Waals surface area contributed by atoms with Gasteiger partial charge in [-0.1, -0.05) is 29.8 Å². The molecule has 1 saturated carbocycles. The van der Waals surface area contributed by atoms with Crippen LogP contribution in [0.5, 0.6) is 0 Å². The zero-order valence-electron chi connectivity index (χ0n) is 10.6. The van der Waals surface area contributed by atoms with Gasteiger partial charge < -0.3 is 5.32 Å². The van der Waals surface area contributed by atoms with E-state index >= 15 is 0 Å². The number of amides is 1. The van der Waals surface area contributed by atoms with Crippen LogP contribution in [-0.2, 0) is 4.79 Å². The molecule has 0 radical (unpaired) electrons. The van der Waals surface area contributed by atoms with Crippen molar-refractivity contribution in [2.75, 3.05) is 13.1 Å². The van der Waals surface area contributed by atoms with E-state index in [9.17, 15) is 4.79 Å². The molecule has 2 aliphatic rings. The summed E-state index contributed by atoms with van der Waals surface area (Å²) in [5.74, 6) is 0.361. The molecule has 2 fully saturated rings. The van der Waals surface area contributed by atoms with Gasteiger partial charge in [0, 0.05) is 24.7 Å². The Bertz CT molecular complexity index is 484. The zero-order valence-corrected chi connectivity index (χ0v) is 10.6. The SMILES string of the molecule is Cc1ccc([C@@H]2CNC[C@H]2C(=O)N=C2CC2)cc1. The molecule has 18 heavy (non-hydrogen) atoms. The van der Waals surface area contributed by atoms with E-state index in [-0.39, 0.29) is 17.7 Å². The Morgan fingerprint density at radius 1 is 1.22 bits per heavy atom. The van der Waals surface area contributed by atoms with E-state index in [1.54, 1.807) is 0 Å². The summed E-state index contributed by atoms with van der Waals surface area (Å²) in [6.45, 7) is 3.72. The standard InChI is InChI=1S/C15H18N2O/c1-10-2-4-11(5-3-10)13-8-16-9-14(13)15(18)17-12-6-7-12/h2-5,13-14,16H,6-9H2,1H3/t13-,14+/m0/s1. The van der Waals surface area contributed by atoms with Crippen LogP contribution < -0.4 is 5.32 Å². The van der Waals surface area contributed by atoms with Crippen LogP contribution in [0.3, 0.4) is 0 Å². The lowest BCUT2D eigenvalue weighted by molar-refractivity contribution is -0.121. The second-order valence-electron chi connectivity index (χ2n) is 5.30. The highest BCUT2D eigenvalue weighted by Gasteiger charge is 2.34. The predicted molar refractivity (Wildman–Crippen MR) is 72.0 cm³/mol. The summed E-state index contributed by atoms with van der Waals surface area (Å²) in [5, 5.41) is 3.32. The highest BCUT2D eigenvalue weighted by molar-refractivity contribution is 6.05. The van der Waals surface area contributed by atoms with E-state index in [1.165, 1.54) is 11.1 Å². The van der Waals surface area contributed by atoms with Crippen LogP contribution in [0, 0.1) is 12.8 Å². The summed E-state index contributed by atoms with van der Waals surface area (Å²) in [6.07, 6.45) is 2.03. The van der Waals surface area contributed by atoms with Crippen molar-refractivity contribution in [3.05, 3.63) is 35.4 Å². The third-order valence-electron chi connectivity index (χ3n) is 3.78. The molecule has 2 atom stereocenters. The maximum absolute atomic E-state index is 12.1. The van der Waals surface area contributed by atoms with Crippen LogP contribution in [0.2, 0.25) is 0 Å². The fourth-order valence-electron chi connectivity index (χ4n) is 2.51. The molecule has 3 nitrogen and oxygen atoms in total. The molecule has 0 spiro atoms. The number of hydrogen-bond donors (Lipinski definition) is 1. The number of rotatable bonds is 2. The highest BCUT2D eigenvalue weighted by Crippen LogP contribution is 2.30. The van der Waals surface area contributed by atoms with E-state index < -0.39 is 0 Å². The Labute approximate surface area is 107 Å². The van der Waals surface area contributed by atoms with Crippen molar-refractivity contribution in [1.29, 1.82) is 0 Å². The van der Waals surface area contributed by atoms with Gasteiger partial charge in [0.15, 0.2) is 0 Å². The van der Waals surface area contributed by atoms with E-state index in [2.05, 4.69) is 41.5 Å². The van der Waals surface area contributed by atoms with Crippen LogP contribution in [-0.4, -0.2) is 24.7 Å². The van der Waals surface area contributed by atoms with Crippen molar-refractivity contribution >= 4 is 11.6 Å². The fourth-order valence-corrected chi connectivity index (χ4v) is 2.51. The molecule has 1 amide bonds. The van der Waals surface area contributed by atoms with Crippen molar-refractivity contribution in [2.24, 2.45) is 10.9 Å². The van der Waals surface area contributed by atoms with Gasteiger partial charge in [0.05, 0.1) is 5.92 Å². The number of carbonyl (C=O) groups excluding carboxylic acids is 1. The van der Waals surface area contributed by atoms with Gasteiger partial charge in [0.2, 0.25) is 0 Å². The summed E-state index contributed by atoms with van der Waals surface area (Å²) in [6, 6.07) is 8.50. The summed E-state index contributed by atoms with van der Waals surface area (Å²) < 4.78 is 0. The lowest BCUT2D eigenvalue weighted by Gasteiger charge is -2.16. The largest absolute Gasteiger partial charge is 0.315 e. The molecule has 1 aromatic carbocycles. The first kappa shape index (κ1) is 11.6. The summed E-state index contributed by atoms with van der Waals surface area (Å²) >= 11 is 0. The molecule has 0 bridgehead atoms. The Kier molecular flexibility index (Phi) is 3.00. The van der Waals surface area contributed by atoms with Gasteiger partial charge >= 0.3 is 0 Å². The van der Waals surface area contributed by atoms with E-state index in [0.717, 1.165) is 31.6 Å². The molecule has 0 aromatic heterocycles. The molecule has 1 N–H and O–H groups in total. The molecular weight excluding hydrogens is 224 g/mol. The molecule has 3 heteroatoms. The number of carbonyl (C=O) groups is 1. The molecular formula is C15H18N2O. The van der Waals surface area contributed by atoms with E-state index in [0.29, 0.717) is 0 Å². The third kappa shape index (κ3) is 2.36. The maximum atomic E-state index is 12.1. The molecule has 1 aliphatic carbocycles. The number of nitrogens with one attached hydrogen (secondary N) is 1. The van der Waals surface area contributed by atoms with Crippen LogP contribution in [0.4, 0.5) is 0 Å². The van der Waals surface area contributed by atoms with Crippen LogP contribution in [0.1, 0.15) is 29.9 Å². The Balaban J connectivity index is 1.80. The van der Waals surface area contributed by atoms with Crippen molar-refractivity contribution in [3.8, 4) is 0 Å². The Morgan fingerprint density at radius 3 is 2.61 bits per heavy atom. The molecule has 1 saturated heterocycles. The Morgan fingerprint density at radius 2 is 1.94 bits per heavy atom. The predicted octanol–water partition coefficient (Wildman–Crippen LogP) is 2.06. The van der Waals surface area contributed by atoms with Gasteiger partial charge in [-0.3, -0.25) is 4.79 Å². The van der Waals surface area contributed by atoms with Crippen LogP contribution in [0.25, 0.3) is 0 Å². The van der Waals surface area contributed by atoms with Gasteiger partial charge in [0.25, 0.3) is 5.91 Å². The monoisotopic (exact) mass is 242 g/mol. The summed E-state index contributed by atoms with van der Waals surface area (Å²) in [4.78, 5) is 16.3. The minimum Gasteiger partial charge on any atom is -0.315 e. The molecule has 1 aliphatic heterocycles. The third-order valence-corrected chi connectivity index (χ3v) is 3.78. The second-order valence-corrected chi connectivity index (χ2v) is 5.30. The minimum atomic E-state index is 0.0146. The molecule has 3 rings (SSSR count). The van der Waals surface area contributed by atoms with Crippen molar-refractivity contribution in [2.45, 2.75) is 25.7 Å². The van der Waals surface area contributed by atoms with Crippen molar-refractivity contribution < 1.29 is 4.79 Å². The average molecular weight is 242 g/mol. The Hall–Kier alpha value is -1.48. The first-order valence-corrected chi connectivity index (χ1v) is 6.61. The average Bonchev–Trinajstić information content (AvgIpc) is 3.04. The van der Waals surface area contributed by atoms with Crippen LogP contribution in [0.15, 0.2) is 29.3 Å². The van der Waals surface area contributed by atoms with Gasteiger partial charge in [-0.25, -0.2) is 4.99 Å². The summed E-state index contributed by atoms with van der Waals surface area (Å²) in [7, 11) is 0. The maximum Gasteiger partial charge on any atom is 0.250 e. The van der Waals surface area contributed by atoms with Gasteiger partial charge in [-0.05, 0) is 25.3 Å².